The molecule has 7 heteroatoms. The van der Waals surface area contributed by atoms with E-state index in [9.17, 15) is 13.6 Å². The number of benzene rings is 1. The number of nitrogens with one attached hydrogen (secondary N) is 2. The van der Waals surface area contributed by atoms with Crippen LogP contribution in [-0.4, -0.2) is 21.1 Å². The van der Waals surface area contributed by atoms with E-state index in [0.717, 1.165) is 25.0 Å². The average molecular weight is 264 g/mol. The summed E-state index contributed by atoms with van der Waals surface area (Å²) in [5, 5.41) is 8.53. The van der Waals surface area contributed by atoms with E-state index in [2.05, 4.69) is 20.5 Å². The summed E-state index contributed by atoms with van der Waals surface area (Å²) in [7, 11) is 0. The number of aromatic amines is 1. The van der Waals surface area contributed by atoms with Crippen molar-refractivity contribution in [3.8, 4) is 0 Å². The number of hydrogen-bond donors (Lipinski definition) is 2. The maximum Gasteiger partial charge on any atom is 0.295 e. The predicted molar refractivity (Wildman–Crippen MR) is 62.7 cm³/mol. The number of para-hydroxylation sites is 1. The topological polar surface area (TPSA) is 70.7 Å². The van der Waals surface area contributed by atoms with Crippen molar-refractivity contribution in [2.24, 2.45) is 0 Å². The van der Waals surface area contributed by atoms with E-state index in [1.165, 1.54) is 6.07 Å². The van der Waals surface area contributed by atoms with Gasteiger partial charge >= 0.3 is 0 Å². The molecule has 19 heavy (non-hydrogen) atoms. The van der Waals surface area contributed by atoms with Crippen LogP contribution in [0.3, 0.4) is 0 Å². The number of anilines is 1. The molecule has 1 aromatic carbocycles. The number of amides is 1. The number of carbonyl (C=O) groups excluding carboxylic acids is 1. The Kier molecular flexibility index (Phi) is 2.73. The highest BCUT2D eigenvalue weighted by Gasteiger charge is 2.28. The van der Waals surface area contributed by atoms with Gasteiger partial charge in [-0.1, -0.05) is 6.07 Å². The normalized spacial score (nSPS) is 14.4. The summed E-state index contributed by atoms with van der Waals surface area (Å²) in [6.45, 7) is 0. The summed E-state index contributed by atoms with van der Waals surface area (Å²) in [5.74, 6) is -1.59. The van der Waals surface area contributed by atoms with Crippen LogP contribution in [0.2, 0.25) is 0 Å². The molecule has 1 aliphatic rings. The maximum absolute atomic E-state index is 13.4. The molecule has 1 aromatic heterocycles. The molecule has 2 aromatic rings. The molecule has 1 amide bonds. The van der Waals surface area contributed by atoms with Crippen molar-refractivity contribution in [3.63, 3.8) is 0 Å². The fraction of sp³-hybridized carbons (Fsp3) is 0.250. The molecule has 0 saturated heterocycles. The van der Waals surface area contributed by atoms with E-state index < -0.39 is 23.2 Å². The number of H-pyrrole nitrogens is 1. The molecule has 0 bridgehead atoms. The highest BCUT2D eigenvalue weighted by atomic mass is 19.1. The summed E-state index contributed by atoms with van der Waals surface area (Å²) in [6.07, 6.45) is 2.02. The Labute approximate surface area is 107 Å². The largest absolute Gasteiger partial charge is 0.314 e. The van der Waals surface area contributed by atoms with Crippen molar-refractivity contribution < 1.29 is 13.6 Å². The molecule has 3 rings (SSSR count). The Morgan fingerprint density at radius 3 is 2.63 bits per heavy atom. The average Bonchev–Trinajstić information content (AvgIpc) is 3.12. The molecule has 1 heterocycles. The molecule has 5 nitrogen and oxygen atoms in total. The molecule has 0 atom stereocenters. The minimum atomic E-state index is -0.841. The summed E-state index contributed by atoms with van der Waals surface area (Å²) in [5.41, 5.74) is -0.495. The number of aromatic nitrogens is 3. The number of hydrogen-bond acceptors (Lipinski definition) is 3. The van der Waals surface area contributed by atoms with E-state index in [-0.39, 0.29) is 5.82 Å². The van der Waals surface area contributed by atoms with Gasteiger partial charge in [0.05, 0.1) is 0 Å². The second-order valence-corrected chi connectivity index (χ2v) is 4.37. The van der Waals surface area contributed by atoms with Crippen molar-refractivity contribution in [1.82, 2.24) is 15.2 Å². The van der Waals surface area contributed by atoms with Crippen LogP contribution < -0.4 is 5.32 Å². The summed E-state index contributed by atoms with van der Waals surface area (Å²) in [4.78, 5) is 15.8. The smallest absolute Gasteiger partial charge is 0.295 e. The Bertz CT molecular complexity index is 616. The molecule has 1 saturated carbocycles. The van der Waals surface area contributed by atoms with Crippen molar-refractivity contribution in [1.29, 1.82) is 0 Å². The second kappa shape index (κ2) is 4.42. The van der Waals surface area contributed by atoms with Crippen LogP contribution in [0, 0.1) is 11.6 Å². The molecule has 0 unspecified atom stereocenters. The summed E-state index contributed by atoms with van der Waals surface area (Å²) < 4.78 is 26.7. The zero-order valence-corrected chi connectivity index (χ0v) is 9.78. The zero-order valence-electron chi connectivity index (χ0n) is 9.78. The quantitative estimate of drug-likeness (QED) is 0.892. The van der Waals surface area contributed by atoms with Crippen molar-refractivity contribution in [3.05, 3.63) is 41.5 Å². The van der Waals surface area contributed by atoms with Crippen LogP contribution >= 0.6 is 0 Å². The van der Waals surface area contributed by atoms with Gasteiger partial charge < -0.3 is 5.32 Å². The minimum absolute atomic E-state index is 0.121. The lowest BCUT2D eigenvalue weighted by Gasteiger charge is -2.04. The van der Waals surface area contributed by atoms with Gasteiger partial charge in [0.2, 0.25) is 5.82 Å². The first kappa shape index (κ1) is 11.8. The predicted octanol–water partition coefficient (Wildman–Crippen LogP) is 2.21. The monoisotopic (exact) mass is 264 g/mol. The number of halogens is 2. The van der Waals surface area contributed by atoms with Gasteiger partial charge in [0.1, 0.15) is 23.1 Å². The summed E-state index contributed by atoms with van der Waals surface area (Å²) in [6, 6.07) is 3.34. The molecule has 0 aliphatic heterocycles. The molecule has 2 N–H and O–H groups in total. The first-order chi connectivity index (χ1) is 9.15. The zero-order chi connectivity index (χ0) is 13.4. The van der Waals surface area contributed by atoms with Gasteiger partial charge in [-0.3, -0.25) is 9.89 Å². The number of nitrogens with zero attached hydrogens (tertiary/aromatic N) is 2. The van der Waals surface area contributed by atoms with E-state index in [1.807, 2.05) is 0 Å². The second-order valence-electron chi connectivity index (χ2n) is 4.37. The van der Waals surface area contributed by atoms with Gasteiger partial charge in [0.15, 0.2) is 0 Å². The van der Waals surface area contributed by atoms with Crippen LogP contribution in [0.15, 0.2) is 18.2 Å². The molecule has 1 fully saturated rings. The number of rotatable bonds is 3. The van der Waals surface area contributed by atoms with Gasteiger partial charge in [-0.2, -0.15) is 0 Å². The van der Waals surface area contributed by atoms with Crippen LogP contribution in [0.5, 0.6) is 0 Å². The minimum Gasteiger partial charge on any atom is -0.314 e. The molecule has 0 radical (unpaired) electrons. The Morgan fingerprint density at radius 2 is 2.00 bits per heavy atom. The van der Waals surface area contributed by atoms with Crippen LogP contribution in [-0.2, 0) is 0 Å². The third-order valence-electron chi connectivity index (χ3n) is 2.87. The Morgan fingerprint density at radius 1 is 1.32 bits per heavy atom. The molecular formula is C12H10F2N4O. The standard InChI is InChI=1S/C12H10F2N4O/c13-7-2-1-3-8(14)9(7)15-12(19)11-16-10(17-18-11)6-4-5-6/h1-3,6H,4-5H2,(H,15,19)(H,16,17,18). The third kappa shape index (κ3) is 2.31. The third-order valence-corrected chi connectivity index (χ3v) is 2.87. The molecule has 1 aliphatic carbocycles. The van der Waals surface area contributed by atoms with E-state index >= 15 is 0 Å². The molecule has 0 spiro atoms. The molecule has 98 valence electrons. The number of carbonyl (C=O) groups is 1. The summed E-state index contributed by atoms with van der Waals surface area (Å²) >= 11 is 0. The lowest BCUT2D eigenvalue weighted by Crippen LogP contribution is -2.16. The highest BCUT2D eigenvalue weighted by molar-refractivity contribution is 6.01. The van der Waals surface area contributed by atoms with Crippen molar-refractivity contribution in [2.45, 2.75) is 18.8 Å². The van der Waals surface area contributed by atoms with Crippen LogP contribution in [0.25, 0.3) is 0 Å². The van der Waals surface area contributed by atoms with E-state index in [4.69, 9.17) is 0 Å². The van der Waals surface area contributed by atoms with Crippen molar-refractivity contribution in [2.75, 3.05) is 5.32 Å². The Balaban J connectivity index is 1.80. The van der Waals surface area contributed by atoms with Crippen molar-refractivity contribution >= 4 is 11.6 Å². The Hall–Kier alpha value is -2.31. The van der Waals surface area contributed by atoms with Crippen LogP contribution in [0.1, 0.15) is 35.2 Å². The van der Waals surface area contributed by atoms with Gasteiger partial charge in [0.25, 0.3) is 5.91 Å². The maximum atomic E-state index is 13.4. The lowest BCUT2D eigenvalue weighted by atomic mass is 10.3. The van der Waals surface area contributed by atoms with Crippen LogP contribution in [0.4, 0.5) is 14.5 Å². The SMILES string of the molecule is O=C(Nc1c(F)cccc1F)c1n[nH]c(C2CC2)n1. The lowest BCUT2D eigenvalue weighted by molar-refractivity contribution is 0.101. The van der Waals surface area contributed by atoms with Gasteiger partial charge in [-0.25, -0.2) is 13.8 Å². The highest BCUT2D eigenvalue weighted by Crippen LogP contribution is 2.37. The van der Waals surface area contributed by atoms with E-state index in [1.54, 1.807) is 0 Å². The van der Waals surface area contributed by atoms with Gasteiger partial charge in [0, 0.05) is 5.92 Å². The first-order valence-corrected chi connectivity index (χ1v) is 5.83. The van der Waals surface area contributed by atoms with Gasteiger partial charge in [-0.15, -0.1) is 5.10 Å². The first-order valence-electron chi connectivity index (χ1n) is 5.83. The fourth-order valence-corrected chi connectivity index (χ4v) is 1.70. The van der Waals surface area contributed by atoms with Gasteiger partial charge in [-0.05, 0) is 25.0 Å². The van der Waals surface area contributed by atoms with E-state index in [0.29, 0.717) is 11.7 Å². The molecular weight excluding hydrogens is 254 g/mol. The fourth-order valence-electron chi connectivity index (χ4n) is 1.70.